The van der Waals surface area contributed by atoms with Crippen molar-refractivity contribution in [2.45, 2.75) is 31.8 Å². The van der Waals surface area contributed by atoms with Crippen LogP contribution in [0.1, 0.15) is 19.1 Å². The second-order valence-corrected chi connectivity index (χ2v) is 4.47. The van der Waals surface area contributed by atoms with Gasteiger partial charge in [0.05, 0.1) is 6.26 Å². The quantitative estimate of drug-likeness (QED) is 0.661. The molecule has 0 fully saturated rings. The third kappa shape index (κ3) is 5.75. The predicted octanol–water partition coefficient (Wildman–Crippen LogP) is 0.999. The molecule has 0 radical (unpaired) electrons. The molecule has 0 bridgehead atoms. The fourth-order valence-electron chi connectivity index (χ4n) is 1.70. The lowest BCUT2D eigenvalue weighted by Crippen LogP contribution is -2.49. The zero-order chi connectivity index (χ0) is 15.0. The standard InChI is InChI=1S/C13H20N2O5/c1-9(8-10-4-3-6-20-10)14-13(18)15-11(12(16)17)5-7-19-2/h3-4,6,9,11H,5,7-8H2,1-2H3,(H,16,17)(H2,14,15,18). The summed E-state index contributed by atoms with van der Waals surface area (Å²) >= 11 is 0. The number of furan rings is 1. The highest BCUT2D eigenvalue weighted by atomic mass is 16.5. The molecule has 3 N–H and O–H groups in total. The van der Waals surface area contributed by atoms with Crippen LogP contribution in [0.15, 0.2) is 22.8 Å². The Bertz CT molecular complexity index is 418. The molecule has 0 saturated heterocycles. The smallest absolute Gasteiger partial charge is 0.326 e. The van der Waals surface area contributed by atoms with Crippen molar-refractivity contribution in [2.75, 3.05) is 13.7 Å². The monoisotopic (exact) mass is 284 g/mol. The average molecular weight is 284 g/mol. The van der Waals surface area contributed by atoms with Crippen LogP contribution in [0.2, 0.25) is 0 Å². The molecule has 7 heteroatoms. The molecule has 112 valence electrons. The van der Waals surface area contributed by atoms with Gasteiger partial charge in [-0.05, 0) is 19.1 Å². The summed E-state index contributed by atoms with van der Waals surface area (Å²) in [6.07, 6.45) is 2.31. The Hall–Kier alpha value is -2.02. The molecule has 0 spiro atoms. The first-order valence-electron chi connectivity index (χ1n) is 6.34. The average Bonchev–Trinajstić information content (AvgIpc) is 2.86. The van der Waals surface area contributed by atoms with Crippen LogP contribution in [0.25, 0.3) is 0 Å². The van der Waals surface area contributed by atoms with E-state index in [1.165, 1.54) is 7.11 Å². The molecule has 0 aliphatic rings. The minimum atomic E-state index is -1.09. The number of hydrogen-bond acceptors (Lipinski definition) is 4. The number of urea groups is 1. The van der Waals surface area contributed by atoms with Crippen LogP contribution >= 0.6 is 0 Å². The number of nitrogens with one attached hydrogen (secondary N) is 2. The number of carbonyl (C=O) groups is 2. The van der Waals surface area contributed by atoms with Gasteiger partial charge in [0, 0.05) is 32.6 Å². The number of carboxylic acids is 1. The molecule has 2 unspecified atom stereocenters. The van der Waals surface area contributed by atoms with Crippen molar-refractivity contribution in [3.63, 3.8) is 0 Å². The van der Waals surface area contributed by atoms with Crippen LogP contribution in [-0.2, 0) is 16.0 Å². The highest BCUT2D eigenvalue weighted by Gasteiger charge is 2.20. The molecule has 0 aliphatic carbocycles. The number of ether oxygens (including phenoxy) is 1. The van der Waals surface area contributed by atoms with Crippen molar-refractivity contribution in [3.8, 4) is 0 Å². The summed E-state index contributed by atoms with van der Waals surface area (Å²) in [6.45, 7) is 2.08. The Morgan fingerprint density at radius 3 is 2.75 bits per heavy atom. The maximum absolute atomic E-state index is 11.7. The van der Waals surface area contributed by atoms with Crippen molar-refractivity contribution in [2.24, 2.45) is 0 Å². The summed E-state index contributed by atoms with van der Waals surface area (Å²) in [7, 11) is 1.48. The number of methoxy groups -OCH3 is 1. The molecular weight excluding hydrogens is 264 g/mol. The van der Waals surface area contributed by atoms with Gasteiger partial charge in [0.1, 0.15) is 11.8 Å². The van der Waals surface area contributed by atoms with Gasteiger partial charge in [-0.2, -0.15) is 0 Å². The van der Waals surface area contributed by atoms with E-state index in [2.05, 4.69) is 10.6 Å². The van der Waals surface area contributed by atoms with E-state index in [0.29, 0.717) is 6.42 Å². The fourth-order valence-corrected chi connectivity index (χ4v) is 1.70. The van der Waals surface area contributed by atoms with Crippen LogP contribution in [-0.4, -0.2) is 42.9 Å². The van der Waals surface area contributed by atoms with Crippen LogP contribution < -0.4 is 10.6 Å². The van der Waals surface area contributed by atoms with Gasteiger partial charge in [-0.3, -0.25) is 0 Å². The van der Waals surface area contributed by atoms with Gasteiger partial charge in [0.2, 0.25) is 0 Å². The molecule has 1 heterocycles. The number of carboxylic acid groups (broad SMARTS) is 1. The predicted molar refractivity (Wildman–Crippen MR) is 71.5 cm³/mol. The first kappa shape index (κ1) is 16.0. The van der Waals surface area contributed by atoms with E-state index in [1.807, 2.05) is 13.0 Å². The lowest BCUT2D eigenvalue weighted by Gasteiger charge is -2.17. The van der Waals surface area contributed by atoms with E-state index in [4.69, 9.17) is 14.3 Å². The molecule has 1 aromatic rings. The first-order valence-corrected chi connectivity index (χ1v) is 6.34. The Morgan fingerprint density at radius 2 is 2.20 bits per heavy atom. The molecule has 0 saturated carbocycles. The summed E-state index contributed by atoms with van der Waals surface area (Å²) in [6, 6.07) is 1.93. The molecule has 2 atom stereocenters. The molecular formula is C13H20N2O5. The normalized spacial score (nSPS) is 13.5. The Balaban J connectivity index is 2.38. The van der Waals surface area contributed by atoms with Crippen LogP contribution in [0.4, 0.5) is 4.79 Å². The van der Waals surface area contributed by atoms with Gasteiger partial charge in [0.25, 0.3) is 0 Å². The van der Waals surface area contributed by atoms with Gasteiger partial charge in [-0.15, -0.1) is 0 Å². The first-order chi connectivity index (χ1) is 9.52. The van der Waals surface area contributed by atoms with Crippen molar-refractivity contribution in [3.05, 3.63) is 24.2 Å². The third-order valence-electron chi connectivity index (χ3n) is 2.68. The van der Waals surface area contributed by atoms with E-state index in [-0.39, 0.29) is 19.1 Å². The second-order valence-electron chi connectivity index (χ2n) is 4.47. The molecule has 2 amide bonds. The van der Waals surface area contributed by atoms with Gasteiger partial charge >= 0.3 is 12.0 Å². The van der Waals surface area contributed by atoms with E-state index in [9.17, 15) is 9.59 Å². The van der Waals surface area contributed by atoms with Crippen molar-refractivity contribution in [1.29, 1.82) is 0 Å². The summed E-state index contributed by atoms with van der Waals surface area (Å²) in [5.41, 5.74) is 0. The lowest BCUT2D eigenvalue weighted by atomic mass is 10.2. The van der Waals surface area contributed by atoms with Crippen LogP contribution in [0, 0.1) is 0 Å². The number of rotatable bonds is 8. The maximum atomic E-state index is 11.7. The van der Waals surface area contributed by atoms with Crippen LogP contribution in [0.3, 0.4) is 0 Å². The van der Waals surface area contributed by atoms with Gasteiger partial charge in [-0.25, -0.2) is 9.59 Å². The van der Waals surface area contributed by atoms with E-state index >= 15 is 0 Å². The summed E-state index contributed by atoms with van der Waals surface area (Å²) in [5.74, 6) is -0.331. The third-order valence-corrected chi connectivity index (χ3v) is 2.68. The second kappa shape index (κ2) is 8.21. The molecule has 7 nitrogen and oxygen atoms in total. The van der Waals surface area contributed by atoms with Gasteiger partial charge in [-0.1, -0.05) is 0 Å². The van der Waals surface area contributed by atoms with Gasteiger partial charge in [0.15, 0.2) is 0 Å². The summed E-state index contributed by atoms with van der Waals surface area (Å²) in [4.78, 5) is 22.7. The SMILES string of the molecule is COCCC(NC(=O)NC(C)Cc1ccco1)C(=O)O. The Kier molecular flexibility index (Phi) is 6.58. The number of amides is 2. The minimum absolute atomic E-state index is 0.168. The summed E-state index contributed by atoms with van der Waals surface area (Å²) in [5, 5.41) is 14.0. The summed E-state index contributed by atoms with van der Waals surface area (Å²) < 4.78 is 9.98. The largest absolute Gasteiger partial charge is 0.480 e. The van der Waals surface area contributed by atoms with Crippen molar-refractivity contribution < 1.29 is 23.8 Å². The number of carbonyl (C=O) groups excluding carboxylic acids is 1. The molecule has 0 aromatic carbocycles. The highest BCUT2D eigenvalue weighted by Crippen LogP contribution is 2.03. The molecule has 20 heavy (non-hydrogen) atoms. The minimum Gasteiger partial charge on any atom is -0.480 e. The van der Waals surface area contributed by atoms with E-state index < -0.39 is 18.0 Å². The highest BCUT2D eigenvalue weighted by molar-refractivity contribution is 5.82. The van der Waals surface area contributed by atoms with Crippen LogP contribution in [0.5, 0.6) is 0 Å². The molecule has 1 aromatic heterocycles. The number of hydrogen-bond donors (Lipinski definition) is 3. The zero-order valence-electron chi connectivity index (χ0n) is 11.6. The van der Waals surface area contributed by atoms with Crippen molar-refractivity contribution in [1.82, 2.24) is 10.6 Å². The maximum Gasteiger partial charge on any atom is 0.326 e. The van der Waals surface area contributed by atoms with Crippen molar-refractivity contribution >= 4 is 12.0 Å². The van der Waals surface area contributed by atoms with Gasteiger partial charge < -0.3 is 24.9 Å². The van der Waals surface area contributed by atoms with E-state index in [1.54, 1.807) is 12.3 Å². The zero-order valence-corrected chi connectivity index (χ0v) is 11.6. The number of aliphatic carboxylic acids is 1. The van der Waals surface area contributed by atoms with E-state index in [0.717, 1.165) is 5.76 Å². The fraction of sp³-hybridized carbons (Fsp3) is 0.538. The Labute approximate surface area is 117 Å². The lowest BCUT2D eigenvalue weighted by molar-refractivity contribution is -0.139. The Morgan fingerprint density at radius 1 is 1.45 bits per heavy atom. The molecule has 0 aliphatic heterocycles. The topological polar surface area (TPSA) is 101 Å². The molecule has 1 rings (SSSR count).